The van der Waals surface area contributed by atoms with Crippen molar-refractivity contribution in [2.45, 2.75) is 31.4 Å². The molecule has 0 bridgehead atoms. The number of amides is 1. The zero-order chi connectivity index (χ0) is 14.7. The van der Waals surface area contributed by atoms with E-state index >= 15 is 0 Å². The van der Waals surface area contributed by atoms with Crippen LogP contribution in [0, 0.1) is 5.92 Å². The summed E-state index contributed by atoms with van der Waals surface area (Å²) >= 11 is 1.65. The SMILES string of the molecule is O=C(Cc1cccnc1)NC(c1cccs1)C1CC(O)C1. The Bertz CT molecular complexity index is 580. The molecule has 0 spiro atoms. The maximum Gasteiger partial charge on any atom is 0.224 e. The smallest absolute Gasteiger partial charge is 0.224 e. The fraction of sp³-hybridized carbons (Fsp3) is 0.375. The minimum absolute atomic E-state index is 0.00258. The summed E-state index contributed by atoms with van der Waals surface area (Å²) in [6, 6.07) is 7.79. The molecule has 1 aliphatic rings. The third-order valence-corrected chi connectivity index (χ3v) is 4.83. The van der Waals surface area contributed by atoms with Crippen LogP contribution in [-0.2, 0) is 11.2 Å². The number of rotatable bonds is 5. The summed E-state index contributed by atoms with van der Waals surface area (Å²) in [5.74, 6) is 0.333. The lowest BCUT2D eigenvalue weighted by atomic mass is 9.76. The maximum absolute atomic E-state index is 12.2. The second-order valence-electron chi connectivity index (χ2n) is 5.48. The molecule has 0 radical (unpaired) electrons. The van der Waals surface area contributed by atoms with Crippen molar-refractivity contribution < 1.29 is 9.90 Å². The van der Waals surface area contributed by atoms with Crippen molar-refractivity contribution in [2.24, 2.45) is 5.92 Å². The highest BCUT2D eigenvalue weighted by Crippen LogP contribution is 2.39. The predicted molar refractivity (Wildman–Crippen MR) is 81.9 cm³/mol. The number of pyridine rings is 1. The summed E-state index contributed by atoms with van der Waals surface area (Å²) in [5.41, 5.74) is 0.911. The molecular formula is C16H18N2O2S. The van der Waals surface area contributed by atoms with Crippen molar-refractivity contribution >= 4 is 17.2 Å². The van der Waals surface area contributed by atoms with Gasteiger partial charge in [-0.3, -0.25) is 9.78 Å². The van der Waals surface area contributed by atoms with E-state index in [1.54, 1.807) is 23.7 Å². The second kappa shape index (κ2) is 6.37. The Hall–Kier alpha value is -1.72. The summed E-state index contributed by atoms with van der Waals surface area (Å²) in [6.45, 7) is 0. The van der Waals surface area contributed by atoms with Crippen LogP contribution in [0.2, 0.25) is 0 Å². The van der Waals surface area contributed by atoms with E-state index in [9.17, 15) is 9.90 Å². The zero-order valence-electron chi connectivity index (χ0n) is 11.6. The van der Waals surface area contributed by atoms with Crippen LogP contribution in [0.4, 0.5) is 0 Å². The van der Waals surface area contributed by atoms with Crippen molar-refractivity contribution in [2.75, 3.05) is 0 Å². The summed E-state index contributed by atoms with van der Waals surface area (Å²) in [6.07, 6.45) is 5.06. The summed E-state index contributed by atoms with van der Waals surface area (Å²) in [4.78, 5) is 17.4. The van der Waals surface area contributed by atoms with Crippen molar-refractivity contribution in [1.82, 2.24) is 10.3 Å². The van der Waals surface area contributed by atoms with E-state index in [-0.39, 0.29) is 18.1 Å². The molecule has 1 unspecified atom stereocenters. The topological polar surface area (TPSA) is 62.2 Å². The number of aromatic nitrogens is 1. The molecule has 2 aromatic rings. The Morgan fingerprint density at radius 3 is 2.90 bits per heavy atom. The average molecular weight is 302 g/mol. The number of thiophene rings is 1. The van der Waals surface area contributed by atoms with Gasteiger partial charge in [0.25, 0.3) is 0 Å². The van der Waals surface area contributed by atoms with Crippen LogP contribution in [0.3, 0.4) is 0 Å². The molecule has 5 heteroatoms. The highest BCUT2D eigenvalue weighted by Gasteiger charge is 2.36. The minimum Gasteiger partial charge on any atom is -0.393 e. The van der Waals surface area contributed by atoms with Crippen LogP contribution in [0.1, 0.15) is 29.3 Å². The van der Waals surface area contributed by atoms with Gasteiger partial charge in [-0.25, -0.2) is 0 Å². The number of hydrogen-bond donors (Lipinski definition) is 2. The number of hydrogen-bond acceptors (Lipinski definition) is 4. The van der Waals surface area contributed by atoms with Gasteiger partial charge in [0.15, 0.2) is 0 Å². The molecule has 0 saturated heterocycles. The molecule has 2 heterocycles. The lowest BCUT2D eigenvalue weighted by Crippen LogP contribution is -2.41. The number of carbonyl (C=O) groups is 1. The van der Waals surface area contributed by atoms with Crippen LogP contribution in [0.15, 0.2) is 42.0 Å². The molecule has 1 amide bonds. The number of nitrogens with one attached hydrogen (secondary N) is 1. The Morgan fingerprint density at radius 2 is 2.29 bits per heavy atom. The highest BCUT2D eigenvalue weighted by molar-refractivity contribution is 7.10. The van der Waals surface area contributed by atoms with Crippen molar-refractivity contribution in [3.05, 3.63) is 52.5 Å². The van der Waals surface area contributed by atoms with E-state index in [0.717, 1.165) is 23.3 Å². The fourth-order valence-electron chi connectivity index (χ4n) is 2.70. The van der Waals surface area contributed by atoms with Gasteiger partial charge in [-0.1, -0.05) is 12.1 Å². The molecule has 1 atom stereocenters. The molecule has 3 rings (SSSR count). The molecule has 2 aromatic heterocycles. The third-order valence-electron chi connectivity index (χ3n) is 3.87. The molecule has 21 heavy (non-hydrogen) atoms. The van der Waals surface area contributed by atoms with Gasteiger partial charge >= 0.3 is 0 Å². The molecule has 4 nitrogen and oxygen atoms in total. The lowest BCUT2D eigenvalue weighted by molar-refractivity contribution is -0.122. The number of nitrogens with zero attached hydrogens (tertiary/aromatic N) is 1. The van der Waals surface area contributed by atoms with E-state index in [4.69, 9.17) is 0 Å². The van der Waals surface area contributed by atoms with E-state index < -0.39 is 0 Å². The van der Waals surface area contributed by atoms with Gasteiger partial charge in [-0.15, -0.1) is 11.3 Å². The van der Waals surface area contributed by atoms with Crippen molar-refractivity contribution in [3.63, 3.8) is 0 Å². The first-order valence-electron chi connectivity index (χ1n) is 7.12. The van der Waals surface area contributed by atoms with Crippen LogP contribution < -0.4 is 5.32 Å². The average Bonchev–Trinajstić information content (AvgIpc) is 2.97. The Morgan fingerprint density at radius 1 is 1.43 bits per heavy atom. The van der Waals surface area contributed by atoms with Crippen LogP contribution in [0.5, 0.6) is 0 Å². The largest absolute Gasteiger partial charge is 0.393 e. The van der Waals surface area contributed by atoms with Crippen molar-refractivity contribution in [3.8, 4) is 0 Å². The van der Waals surface area contributed by atoms with E-state index in [1.165, 1.54) is 0 Å². The Balaban J connectivity index is 1.65. The van der Waals surface area contributed by atoms with Crippen LogP contribution >= 0.6 is 11.3 Å². The molecule has 1 saturated carbocycles. The van der Waals surface area contributed by atoms with Gasteiger partial charge in [-0.2, -0.15) is 0 Å². The van der Waals surface area contributed by atoms with Crippen molar-refractivity contribution in [1.29, 1.82) is 0 Å². The Labute approximate surface area is 127 Å². The number of carbonyl (C=O) groups excluding carboxylic acids is 1. The van der Waals surface area contributed by atoms with Gasteiger partial charge in [0.1, 0.15) is 0 Å². The first kappa shape index (κ1) is 14.2. The number of aliphatic hydroxyl groups is 1. The highest BCUT2D eigenvalue weighted by atomic mass is 32.1. The normalized spacial score (nSPS) is 22.3. The number of aliphatic hydroxyl groups excluding tert-OH is 1. The van der Waals surface area contributed by atoms with E-state index in [2.05, 4.69) is 10.3 Å². The zero-order valence-corrected chi connectivity index (χ0v) is 12.4. The van der Waals surface area contributed by atoms with E-state index in [0.29, 0.717) is 12.3 Å². The lowest BCUT2D eigenvalue weighted by Gasteiger charge is -2.37. The second-order valence-corrected chi connectivity index (χ2v) is 6.46. The summed E-state index contributed by atoms with van der Waals surface area (Å²) in [7, 11) is 0. The molecule has 0 aliphatic heterocycles. The van der Waals surface area contributed by atoms with Crippen LogP contribution in [0.25, 0.3) is 0 Å². The third kappa shape index (κ3) is 3.49. The predicted octanol–water partition coefficient (Wildman–Crippen LogP) is 2.31. The van der Waals surface area contributed by atoms with E-state index in [1.807, 2.05) is 29.6 Å². The fourth-order valence-corrected chi connectivity index (χ4v) is 3.57. The molecule has 1 aliphatic carbocycles. The van der Waals surface area contributed by atoms with Gasteiger partial charge in [0.05, 0.1) is 18.6 Å². The molecule has 110 valence electrons. The first-order valence-corrected chi connectivity index (χ1v) is 8.00. The quantitative estimate of drug-likeness (QED) is 0.891. The molecule has 1 fully saturated rings. The molecular weight excluding hydrogens is 284 g/mol. The standard InChI is InChI=1S/C16H18N2O2S/c19-13-8-12(9-13)16(14-4-2-6-21-14)18-15(20)7-11-3-1-5-17-10-11/h1-6,10,12-13,16,19H,7-9H2,(H,18,20). The minimum atomic E-state index is -0.215. The summed E-state index contributed by atoms with van der Waals surface area (Å²) < 4.78 is 0. The maximum atomic E-state index is 12.2. The van der Waals surface area contributed by atoms with Gasteiger partial charge in [-0.05, 0) is 41.8 Å². The molecule has 0 aromatic carbocycles. The van der Waals surface area contributed by atoms with Crippen LogP contribution in [-0.4, -0.2) is 22.1 Å². The van der Waals surface area contributed by atoms with Gasteiger partial charge < -0.3 is 10.4 Å². The first-order chi connectivity index (χ1) is 10.2. The monoisotopic (exact) mass is 302 g/mol. The van der Waals surface area contributed by atoms with Gasteiger partial charge in [0.2, 0.25) is 5.91 Å². The Kier molecular flexibility index (Phi) is 4.31. The molecule has 2 N–H and O–H groups in total. The summed E-state index contributed by atoms with van der Waals surface area (Å²) in [5, 5.41) is 14.7. The van der Waals surface area contributed by atoms with Gasteiger partial charge in [0, 0.05) is 17.3 Å².